The van der Waals surface area contributed by atoms with Crippen LogP contribution in [0.15, 0.2) is 29.2 Å². The van der Waals surface area contributed by atoms with E-state index in [4.69, 9.17) is 4.74 Å². The van der Waals surface area contributed by atoms with Crippen LogP contribution in [0.25, 0.3) is 0 Å². The molecule has 1 aromatic carbocycles. The minimum Gasteiger partial charge on any atom is -0.466 e. The summed E-state index contributed by atoms with van der Waals surface area (Å²) in [5.41, 5.74) is 0.948. The molecule has 1 atom stereocenters. The Balaban J connectivity index is 2.10. The van der Waals surface area contributed by atoms with Gasteiger partial charge in [-0.2, -0.15) is 0 Å². The van der Waals surface area contributed by atoms with Crippen molar-refractivity contribution in [1.29, 1.82) is 0 Å². The van der Waals surface area contributed by atoms with Crippen molar-refractivity contribution in [2.75, 3.05) is 30.3 Å². The van der Waals surface area contributed by atoms with Gasteiger partial charge in [0.05, 0.1) is 23.2 Å². The molecule has 5 nitrogen and oxygen atoms in total. The van der Waals surface area contributed by atoms with Crippen molar-refractivity contribution in [3.05, 3.63) is 24.3 Å². The summed E-state index contributed by atoms with van der Waals surface area (Å²) in [5, 5.41) is 0. The molecule has 0 aromatic heterocycles. The molecule has 0 N–H and O–H groups in total. The highest BCUT2D eigenvalue weighted by Crippen LogP contribution is 2.25. The molecule has 0 radical (unpaired) electrons. The zero-order chi connectivity index (χ0) is 16.2. The Bertz CT molecular complexity index is 610. The van der Waals surface area contributed by atoms with E-state index in [0.29, 0.717) is 18.0 Å². The Kier molecular flexibility index (Phi) is 5.45. The first kappa shape index (κ1) is 16.8. The van der Waals surface area contributed by atoms with Crippen LogP contribution in [0.3, 0.4) is 0 Å². The van der Waals surface area contributed by atoms with E-state index in [1.54, 1.807) is 19.1 Å². The van der Waals surface area contributed by atoms with Crippen molar-refractivity contribution in [1.82, 2.24) is 0 Å². The number of anilines is 1. The fraction of sp³-hybridized carbons (Fsp3) is 0.562. The van der Waals surface area contributed by atoms with E-state index >= 15 is 0 Å². The van der Waals surface area contributed by atoms with Gasteiger partial charge in [-0.3, -0.25) is 4.79 Å². The standard InChI is InChI=1S/C16H23NO4S/c1-3-21-16(18)13-6-5-11-17(12-13)14-7-9-15(10-8-14)22(19,20)4-2/h7-10,13H,3-6,11-12H2,1-2H3/t13-/m1/s1. The smallest absolute Gasteiger partial charge is 0.310 e. The number of hydrogen-bond acceptors (Lipinski definition) is 5. The summed E-state index contributed by atoms with van der Waals surface area (Å²) in [4.78, 5) is 14.3. The van der Waals surface area contributed by atoms with Gasteiger partial charge in [-0.15, -0.1) is 0 Å². The molecular weight excluding hydrogens is 302 g/mol. The second-order valence-corrected chi connectivity index (χ2v) is 7.71. The SMILES string of the molecule is CCOC(=O)[C@@H]1CCCN(c2ccc(S(=O)(=O)CC)cc2)C1. The molecule has 0 bridgehead atoms. The predicted octanol–water partition coefficient (Wildman–Crippen LogP) is 2.26. The number of carbonyl (C=O) groups is 1. The van der Waals surface area contributed by atoms with Gasteiger partial charge in [-0.25, -0.2) is 8.42 Å². The average molecular weight is 325 g/mol. The van der Waals surface area contributed by atoms with Crippen LogP contribution in [0, 0.1) is 5.92 Å². The lowest BCUT2D eigenvalue weighted by atomic mass is 9.97. The van der Waals surface area contributed by atoms with Crippen LogP contribution in [0.4, 0.5) is 5.69 Å². The molecular formula is C16H23NO4S. The first-order valence-electron chi connectivity index (χ1n) is 7.72. The second-order valence-electron chi connectivity index (χ2n) is 5.43. The minimum atomic E-state index is -3.17. The van der Waals surface area contributed by atoms with E-state index < -0.39 is 9.84 Å². The molecule has 0 spiro atoms. The maximum Gasteiger partial charge on any atom is 0.310 e. The Morgan fingerprint density at radius 1 is 1.27 bits per heavy atom. The first-order chi connectivity index (χ1) is 10.5. The zero-order valence-electron chi connectivity index (χ0n) is 13.1. The van der Waals surface area contributed by atoms with Crippen molar-refractivity contribution in [2.45, 2.75) is 31.6 Å². The molecule has 0 unspecified atom stereocenters. The van der Waals surface area contributed by atoms with Gasteiger partial charge in [-0.05, 0) is 44.0 Å². The molecule has 1 heterocycles. The van der Waals surface area contributed by atoms with Gasteiger partial charge < -0.3 is 9.64 Å². The Morgan fingerprint density at radius 3 is 2.55 bits per heavy atom. The topological polar surface area (TPSA) is 63.7 Å². The first-order valence-corrected chi connectivity index (χ1v) is 9.37. The number of ether oxygens (including phenoxy) is 1. The van der Waals surface area contributed by atoms with Crippen LogP contribution >= 0.6 is 0 Å². The van der Waals surface area contributed by atoms with E-state index in [1.807, 2.05) is 19.1 Å². The van der Waals surface area contributed by atoms with E-state index in [1.165, 1.54) is 0 Å². The molecule has 1 aliphatic heterocycles. The van der Waals surface area contributed by atoms with E-state index in [0.717, 1.165) is 25.1 Å². The van der Waals surface area contributed by atoms with Gasteiger partial charge in [-0.1, -0.05) is 6.92 Å². The van der Waals surface area contributed by atoms with E-state index in [2.05, 4.69) is 4.90 Å². The fourth-order valence-corrected chi connectivity index (χ4v) is 3.58. The molecule has 6 heteroatoms. The van der Waals surface area contributed by atoms with Gasteiger partial charge in [0.1, 0.15) is 0 Å². The van der Waals surface area contributed by atoms with Crippen LogP contribution in [0.2, 0.25) is 0 Å². The third kappa shape index (κ3) is 3.80. The molecule has 1 saturated heterocycles. The van der Waals surface area contributed by atoms with Crippen molar-refractivity contribution < 1.29 is 17.9 Å². The predicted molar refractivity (Wildman–Crippen MR) is 85.7 cm³/mol. The van der Waals surface area contributed by atoms with E-state index in [9.17, 15) is 13.2 Å². The maximum absolute atomic E-state index is 11.9. The van der Waals surface area contributed by atoms with Gasteiger partial charge in [0.25, 0.3) is 0 Å². The zero-order valence-corrected chi connectivity index (χ0v) is 13.9. The van der Waals surface area contributed by atoms with Crippen LogP contribution in [0.1, 0.15) is 26.7 Å². The number of hydrogen-bond donors (Lipinski definition) is 0. The molecule has 0 aliphatic carbocycles. The van der Waals surface area contributed by atoms with Gasteiger partial charge in [0.2, 0.25) is 0 Å². The number of rotatable bonds is 5. The van der Waals surface area contributed by atoms with E-state index in [-0.39, 0.29) is 17.6 Å². The van der Waals surface area contributed by atoms with Gasteiger partial charge in [0.15, 0.2) is 9.84 Å². The fourth-order valence-electron chi connectivity index (χ4n) is 2.70. The molecule has 1 fully saturated rings. The summed E-state index contributed by atoms with van der Waals surface area (Å²) in [6, 6.07) is 6.91. The van der Waals surface area contributed by atoms with Crippen LogP contribution < -0.4 is 4.90 Å². The summed E-state index contributed by atoms with van der Waals surface area (Å²) >= 11 is 0. The summed E-state index contributed by atoms with van der Waals surface area (Å²) in [6.07, 6.45) is 1.77. The second kappa shape index (κ2) is 7.13. The number of carbonyl (C=O) groups excluding carboxylic acids is 1. The normalized spacial score (nSPS) is 19.0. The van der Waals surface area contributed by atoms with Crippen molar-refractivity contribution in [3.63, 3.8) is 0 Å². The van der Waals surface area contributed by atoms with Crippen molar-refractivity contribution >= 4 is 21.5 Å². The quantitative estimate of drug-likeness (QED) is 0.777. The minimum absolute atomic E-state index is 0.0982. The lowest BCUT2D eigenvalue weighted by molar-refractivity contribution is -0.148. The number of piperidine rings is 1. The molecule has 1 aliphatic rings. The largest absolute Gasteiger partial charge is 0.466 e. The van der Waals surface area contributed by atoms with Gasteiger partial charge >= 0.3 is 5.97 Å². The number of benzene rings is 1. The Morgan fingerprint density at radius 2 is 1.95 bits per heavy atom. The lowest BCUT2D eigenvalue weighted by Gasteiger charge is -2.33. The van der Waals surface area contributed by atoms with Crippen LogP contribution in [-0.4, -0.2) is 39.8 Å². The molecule has 22 heavy (non-hydrogen) atoms. The number of sulfone groups is 1. The average Bonchev–Trinajstić information content (AvgIpc) is 2.55. The lowest BCUT2D eigenvalue weighted by Crippen LogP contribution is -2.39. The Hall–Kier alpha value is -1.56. The maximum atomic E-state index is 11.9. The summed E-state index contributed by atoms with van der Waals surface area (Å²) < 4.78 is 28.8. The highest BCUT2D eigenvalue weighted by atomic mass is 32.2. The van der Waals surface area contributed by atoms with Crippen LogP contribution in [-0.2, 0) is 19.4 Å². The van der Waals surface area contributed by atoms with Gasteiger partial charge in [0, 0.05) is 18.8 Å². The molecule has 122 valence electrons. The number of nitrogens with zero attached hydrogens (tertiary/aromatic N) is 1. The summed E-state index contributed by atoms with van der Waals surface area (Å²) in [6.45, 7) is 5.34. The Labute approximate surface area is 132 Å². The monoisotopic (exact) mass is 325 g/mol. The third-order valence-electron chi connectivity index (χ3n) is 3.98. The molecule has 0 amide bonds. The summed E-state index contributed by atoms with van der Waals surface area (Å²) in [5.74, 6) is -0.147. The molecule has 1 aromatic rings. The van der Waals surface area contributed by atoms with Crippen molar-refractivity contribution in [2.24, 2.45) is 5.92 Å². The highest BCUT2D eigenvalue weighted by Gasteiger charge is 2.27. The van der Waals surface area contributed by atoms with Crippen molar-refractivity contribution in [3.8, 4) is 0 Å². The summed E-state index contributed by atoms with van der Waals surface area (Å²) in [7, 11) is -3.17. The third-order valence-corrected chi connectivity index (χ3v) is 5.73. The number of esters is 1. The van der Waals surface area contributed by atoms with Crippen LogP contribution in [0.5, 0.6) is 0 Å². The highest BCUT2D eigenvalue weighted by molar-refractivity contribution is 7.91. The molecule has 0 saturated carbocycles. The molecule has 2 rings (SSSR count).